The Balaban J connectivity index is 1.94. The molecule has 0 fully saturated rings. The average molecular weight is 400 g/mol. The van der Waals surface area contributed by atoms with E-state index in [-0.39, 0.29) is 5.78 Å². The first-order valence-electron chi connectivity index (χ1n) is 8.34. The normalized spacial score (nSPS) is 19.0. The number of thiophene rings is 1. The predicted molar refractivity (Wildman–Crippen MR) is 106 cm³/mol. The van der Waals surface area contributed by atoms with Crippen molar-refractivity contribution in [3.63, 3.8) is 0 Å². The van der Waals surface area contributed by atoms with E-state index >= 15 is 0 Å². The van der Waals surface area contributed by atoms with Gasteiger partial charge >= 0.3 is 0 Å². The number of hydrogen-bond donors (Lipinski definition) is 1. The van der Waals surface area contributed by atoms with Crippen LogP contribution in [0.2, 0.25) is 4.34 Å². The van der Waals surface area contributed by atoms with Gasteiger partial charge in [-0.2, -0.15) is 0 Å². The highest BCUT2D eigenvalue weighted by atomic mass is 35.5. The number of rotatable bonds is 2. The maximum Gasteiger partial charge on any atom is 0.243 e. The molecular formula is C21H15ClFNO2S. The molecule has 1 amide bonds. The lowest BCUT2D eigenvalue weighted by atomic mass is 9.73. The van der Waals surface area contributed by atoms with E-state index in [9.17, 15) is 14.0 Å². The Labute approximate surface area is 164 Å². The first kappa shape index (κ1) is 17.9. The number of Topliss-reactive ketones (excluding diaryl/α,β-unsaturated/α-hetero) is 1. The van der Waals surface area contributed by atoms with Gasteiger partial charge in [-0.15, -0.1) is 11.3 Å². The van der Waals surface area contributed by atoms with E-state index < -0.39 is 17.1 Å². The zero-order valence-corrected chi connectivity index (χ0v) is 16.2. The zero-order chi connectivity index (χ0) is 19.3. The number of anilines is 1. The number of aryl methyl sites for hydroxylation is 1. The predicted octanol–water partition coefficient (Wildman–Crippen LogP) is 5.61. The van der Waals surface area contributed by atoms with Crippen molar-refractivity contribution in [1.29, 1.82) is 0 Å². The van der Waals surface area contributed by atoms with Gasteiger partial charge in [0.1, 0.15) is 20.6 Å². The molecule has 0 bridgehead atoms. The molecule has 6 heteroatoms. The summed E-state index contributed by atoms with van der Waals surface area (Å²) < 4.78 is 14.2. The minimum absolute atomic E-state index is 0.313. The van der Waals surface area contributed by atoms with Gasteiger partial charge in [-0.05, 0) is 37.1 Å². The molecule has 1 unspecified atom stereocenters. The Bertz CT molecular complexity index is 1110. The van der Waals surface area contributed by atoms with E-state index in [1.807, 2.05) is 31.2 Å². The molecule has 1 atom stereocenters. The van der Waals surface area contributed by atoms with E-state index in [0.29, 0.717) is 26.0 Å². The molecule has 0 aliphatic carbocycles. The summed E-state index contributed by atoms with van der Waals surface area (Å²) in [6.45, 7) is 3.48. The summed E-state index contributed by atoms with van der Waals surface area (Å²) in [5.41, 5.74) is 1.60. The molecule has 3 nitrogen and oxygen atoms in total. The molecule has 1 N–H and O–H groups in total. The number of carbonyl (C=O) groups excluding carboxylic acids is 2. The van der Waals surface area contributed by atoms with Gasteiger partial charge in [0.2, 0.25) is 5.91 Å². The van der Waals surface area contributed by atoms with Gasteiger partial charge in [-0.1, -0.05) is 53.6 Å². The van der Waals surface area contributed by atoms with Crippen LogP contribution >= 0.6 is 22.9 Å². The van der Waals surface area contributed by atoms with Crippen molar-refractivity contribution >= 4 is 39.6 Å². The maximum absolute atomic E-state index is 13.8. The topological polar surface area (TPSA) is 46.2 Å². The average Bonchev–Trinajstić information content (AvgIpc) is 2.95. The molecule has 3 aromatic rings. The number of fused-ring (bicyclic) bond motifs is 1. The van der Waals surface area contributed by atoms with Crippen molar-refractivity contribution in [1.82, 2.24) is 0 Å². The molecule has 4 rings (SSSR count). The molecule has 0 saturated heterocycles. The number of benzene rings is 2. The van der Waals surface area contributed by atoms with Gasteiger partial charge < -0.3 is 5.32 Å². The Hall–Kier alpha value is -2.50. The lowest BCUT2D eigenvalue weighted by Gasteiger charge is -2.31. The Morgan fingerprint density at radius 3 is 2.52 bits per heavy atom. The third-order valence-corrected chi connectivity index (χ3v) is 6.25. The molecule has 2 aromatic carbocycles. The molecule has 1 aromatic heterocycles. The van der Waals surface area contributed by atoms with Crippen LogP contribution < -0.4 is 5.32 Å². The van der Waals surface area contributed by atoms with Crippen molar-refractivity contribution in [3.05, 3.63) is 75.4 Å². The largest absolute Gasteiger partial charge is 0.316 e. The van der Waals surface area contributed by atoms with Crippen molar-refractivity contribution in [2.45, 2.75) is 19.3 Å². The summed E-state index contributed by atoms with van der Waals surface area (Å²) in [7, 11) is 0. The number of amides is 1. The Morgan fingerprint density at radius 1 is 1.07 bits per heavy atom. The molecule has 27 heavy (non-hydrogen) atoms. The van der Waals surface area contributed by atoms with Crippen molar-refractivity contribution < 1.29 is 14.0 Å². The zero-order valence-electron chi connectivity index (χ0n) is 14.6. The molecule has 0 radical (unpaired) electrons. The fourth-order valence-corrected chi connectivity index (χ4v) is 4.79. The van der Waals surface area contributed by atoms with Crippen LogP contribution in [0.3, 0.4) is 0 Å². The van der Waals surface area contributed by atoms with Crippen LogP contribution in [0, 0.1) is 12.7 Å². The minimum atomic E-state index is -1.53. The molecule has 0 spiro atoms. The van der Waals surface area contributed by atoms with Crippen molar-refractivity contribution in [3.8, 4) is 11.1 Å². The highest BCUT2D eigenvalue weighted by Gasteiger charge is 2.49. The SMILES string of the molecule is Cc1cccc(-c2c(Cl)sc3c2C(=O)C(C)(c2cccc(F)c2)C(=O)N3)c1. The summed E-state index contributed by atoms with van der Waals surface area (Å²) in [6.07, 6.45) is 0. The smallest absolute Gasteiger partial charge is 0.243 e. The van der Waals surface area contributed by atoms with Crippen LogP contribution in [-0.4, -0.2) is 11.7 Å². The third-order valence-electron chi connectivity index (χ3n) is 4.94. The van der Waals surface area contributed by atoms with Crippen LogP contribution in [0.15, 0.2) is 48.5 Å². The lowest BCUT2D eigenvalue weighted by Crippen LogP contribution is -2.48. The standard InChI is InChI=1S/C21H15ClFNO2S/c1-11-5-3-6-12(9-11)15-16-17(25)21(2,13-7-4-8-14(23)10-13)20(26)24-19(16)27-18(15)22/h3-10H,1-2H3,(H,24,26). The summed E-state index contributed by atoms with van der Waals surface area (Å²) in [6, 6.07) is 13.3. The summed E-state index contributed by atoms with van der Waals surface area (Å²) in [4.78, 5) is 26.3. The molecule has 1 aliphatic heterocycles. The fourth-order valence-electron chi connectivity index (χ4n) is 3.41. The van der Waals surface area contributed by atoms with Crippen LogP contribution in [0.25, 0.3) is 11.1 Å². The highest BCUT2D eigenvalue weighted by molar-refractivity contribution is 7.21. The lowest BCUT2D eigenvalue weighted by molar-refractivity contribution is -0.119. The second-order valence-corrected chi connectivity index (χ2v) is 8.37. The van der Waals surface area contributed by atoms with Gasteiger partial charge in [0.15, 0.2) is 5.78 Å². The van der Waals surface area contributed by atoms with E-state index in [4.69, 9.17) is 11.6 Å². The van der Waals surface area contributed by atoms with E-state index in [2.05, 4.69) is 5.32 Å². The second kappa shape index (κ2) is 6.29. The molecule has 136 valence electrons. The van der Waals surface area contributed by atoms with Gasteiger partial charge in [0, 0.05) is 5.56 Å². The van der Waals surface area contributed by atoms with Crippen LogP contribution in [-0.2, 0) is 10.2 Å². The Morgan fingerprint density at radius 2 is 1.81 bits per heavy atom. The molecular weight excluding hydrogens is 385 g/mol. The van der Waals surface area contributed by atoms with E-state index in [1.165, 1.54) is 25.1 Å². The molecule has 1 aliphatic rings. The first-order valence-corrected chi connectivity index (χ1v) is 9.53. The van der Waals surface area contributed by atoms with Crippen LogP contribution in [0.5, 0.6) is 0 Å². The maximum atomic E-state index is 13.8. The van der Waals surface area contributed by atoms with Gasteiger partial charge in [0.05, 0.1) is 5.56 Å². The Kier molecular flexibility index (Phi) is 4.17. The van der Waals surface area contributed by atoms with E-state index in [0.717, 1.165) is 22.5 Å². The van der Waals surface area contributed by atoms with Crippen molar-refractivity contribution in [2.24, 2.45) is 0 Å². The molecule has 0 saturated carbocycles. The number of hydrogen-bond acceptors (Lipinski definition) is 3. The fraction of sp³-hybridized carbons (Fsp3) is 0.143. The molecule has 2 heterocycles. The van der Waals surface area contributed by atoms with Gasteiger partial charge in [0.25, 0.3) is 0 Å². The van der Waals surface area contributed by atoms with Gasteiger partial charge in [-0.3, -0.25) is 9.59 Å². The summed E-state index contributed by atoms with van der Waals surface area (Å²) in [5.74, 6) is -1.37. The quantitative estimate of drug-likeness (QED) is 0.569. The minimum Gasteiger partial charge on any atom is -0.316 e. The monoisotopic (exact) mass is 399 g/mol. The summed E-state index contributed by atoms with van der Waals surface area (Å²) in [5, 5.41) is 3.23. The van der Waals surface area contributed by atoms with E-state index in [1.54, 1.807) is 6.07 Å². The van der Waals surface area contributed by atoms with Crippen LogP contribution in [0.4, 0.5) is 9.39 Å². The van der Waals surface area contributed by atoms with Crippen LogP contribution in [0.1, 0.15) is 28.4 Å². The highest BCUT2D eigenvalue weighted by Crippen LogP contribution is 2.49. The number of carbonyl (C=O) groups is 2. The number of halogens is 2. The number of nitrogens with one attached hydrogen (secondary N) is 1. The third kappa shape index (κ3) is 2.69. The second-order valence-electron chi connectivity index (χ2n) is 6.74. The van der Waals surface area contributed by atoms with Gasteiger partial charge in [-0.25, -0.2) is 4.39 Å². The summed E-state index contributed by atoms with van der Waals surface area (Å²) >= 11 is 7.62. The first-order chi connectivity index (χ1) is 12.8. The van der Waals surface area contributed by atoms with Crippen molar-refractivity contribution in [2.75, 3.05) is 5.32 Å². The number of ketones is 1.